The number of aliphatic hydroxyl groups is 1. The average molecular weight is 491 g/mol. The van der Waals surface area contributed by atoms with Gasteiger partial charge in [0.1, 0.15) is 5.82 Å². The number of β-amino-alcohol motifs (C(OH)–C–C–N with tert-alkyl or cyclic N) is 1. The normalized spacial score (nSPS) is 15.6. The van der Waals surface area contributed by atoms with E-state index >= 15 is 0 Å². The maximum atomic E-state index is 13.4. The monoisotopic (exact) mass is 490 g/mol. The summed E-state index contributed by atoms with van der Waals surface area (Å²) in [6.07, 6.45) is 2.81. The van der Waals surface area contributed by atoms with E-state index in [-0.39, 0.29) is 17.2 Å². The fourth-order valence-corrected chi connectivity index (χ4v) is 4.88. The summed E-state index contributed by atoms with van der Waals surface area (Å²) in [5, 5.41) is 23.6. The standard InChI is InChI=1S/C28H34N4O4/c1-17-14-21(18(2)29-23-9-7-6-8-20(23)27(34)35)24-22(15-17)26(33)31(5)25(30-24)19-10-12-32(13-11-19)16-28(3,4)36/h6-10,14-15,18,29,36H,11-13,16H2,1-5H3,(H,34,35)/t18-/m1/s1. The molecule has 0 amide bonds. The number of rotatable bonds is 7. The van der Waals surface area contributed by atoms with Gasteiger partial charge >= 0.3 is 5.97 Å². The lowest BCUT2D eigenvalue weighted by molar-refractivity contribution is 0.0397. The summed E-state index contributed by atoms with van der Waals surface area (Å²) in [7, 11) is 1.75. The highest BCUT2D eigenvalue weighted by atomic mass is 16.4. The lowest BCUT2D eigenvalue weighted by atomic mass is 9.99. The summed E-state index contributed by atoms with van der Waals surface area (Å²) in [5.41, 5.74) is 3.21. The number of hydrogen-bond donors (Lipinski definition) is 3. The molecule has 3 aromatic rings. The van der Waals surface area contributed by atoms with Crippen molar-refractivity contribution in [2.75, 3.05) is 25.0 Å². The number of para-hydroxylation sites is 1. The molecule has 8 nitrogen and oxygen atoms in total. The summed E-state index contributed by atoms with van der Waals surface area (Å²) in [6, 6.07) is 10.4. The minimum Gasteiger partial charge on any atom is -0.478 e. The smallest absolute Gasteiger partial charge is 0.337 e. The largest absolute Gasteiger partial charge is 0.478 e. The molecule has 2 heterocycles. The average Bonchev–Trinajstić information content (AvgIpc) is 2.81. The van der Waals surface area contributed by atoms with Crippen LogP contribution in [0.25, 0.3) is 16.5 Å². The number of aromatic carboxylic acids is 1. The Balaban J connectivity index is 1.75. The van der Waals surface area contributed by atoms with E-state index < -0.39 is 11.6 Å². The number of anilines is 1. The first kappa shape index (κ1) is 25.6. The predicted octanol–water partition coefficient (Wildman–Crippen LogP) is 3.97. The van der Waals surface area contributed by atoms with Gasteiger partial charge in [-0.15, -0.1) is 0 Å². The highest BCUT2D eigenvalue weighted by molar-refractivity contribution is 5.94. The van der Waals surface area contributed by atoms with Crippen LogP contribution in [0, 0.1) is 6.92 Å². The summed E-state index contributed by atoms with van der Waals surface area (Å²) < 4.78 is 1.61. The molecular formula is C28H34N4O4. The van der Waals surface area contributed by atoms with Gasteiger partial charge in [-0.25, -0.2) is 9.78 Å². The minimum absolute atomic E-state index is 0.113. The fraction of sp³-hybridized carbons (Fsp3) is 0.393. The van der Waals surface area contributed by atoms with Gasteiger partial charge in [-0.2, -0.15) is 0 Å². The van der Waals surface area contributed by atoms with Crippen LogP contribution in [0.15, 0.2) is 47.3 Å². The zero-order valence-electron chi connectivity index (χ0n) is 21.5. The van der Waals surface area contributed by atoms with E-state index in [1.165, 1.54) is 0 Å². The zero-order valence-corrected chi connectivity index (χ0v) is 21.5. The molecule has 190 valence electrons. The minimum atomic E-state index is -1.00. The van der Waals surface area contributed by atoms with Crippen LogP contribution in [-0.2, 0) is 7.05 Å². The van der Waals surface area contributed by atoms with Crippen LogP contribution in [0.4, 0.5) is 5.69 Å². The molecule has 1 aromatic heterocycles. The number of fused-ring (bicyclic) bond motifs is 1. The number of carboxylic acid groups (broad SMARTS) is 1. The molecule has 0 unspecified atom stereocenters. The number of nitrogens with one attached hydrogen (secondary N) is 1. The van der Waals surface area contributed by atoms with Crippen molar-refractivity contribution in [3.63, 3.8) is 0 Å². The van der Waals surface area contributed by atoms with Crippen molar-refractivity contribution in [1.82, 2.24) is 14.5 Å². The second kappa shape index (κ2) is 9.87. The third-order valence-corrected chi connectivity index (χ3v) is 6.54. The Bertz CT molecular complexity index is 1400. The summed E-state index contributed by atoms with van der Waals surface area (Å²) in [6.45, 7) is 9.51. The number of aryl methyl sites for hydroxylation is 1. The number of hydrogen-bond acceptors (Lipinski definition) is 6. The molecule has 4 rings (SSSR count). The SMILES string of the molecule is Cc1cc([C@@H](C)Nc2ccccc2C(=O)O)c2nc(C3=CCN(CC(C)(C)O)CC3)n(C)c(=O)c2c1. The van der Waals surface area contributed by atoms with Crippen LogP contribution in [-0.4, -0.2) is 55.9 Å². The summed E-state index contributed by atoms with van der Waals surface area (Å²) >= 11 is 0. The van der Waals surface area contributed by atoms with Crippen molar-refractivity contribution < 1.29 is 15.0 Å². The van der Waals surface area contributed by atoms with E-state index in [0.29, 0.717) is 35.5 Å². The Kier molecular flexibility index (Phi) is 7.02. The van der Waals surface area contributed by atoms with Crippen molar-refractivity contribution in [1.29, 1.82) is 0 Å². The Morgan fingerprint density at radius 2 is 1.97 bits per heavy atom. The molecular weight excluding hydrogens is 456 g/mol. The van der Waals surface area contributed by atoms with Gasteiger partial charge < -0.3 is 15.5 Å². The van der Waals surface area contributed by atoms with E-state index in [4.69, 9.17) is 4.98 Å². The summed E-state index contributed by atoms with van der Waals surface area (Å²) in [4.78, 5) is 32.3. The quantitative estimate of drug-likeness (QED) is 0.460. The first-order valence-electron chi connectivity index (χ1n) is 12.2. The first-order valence-corrected chi connectivity index (χ1v) is 12.2. The second-order valence-electron chi connectivity index (χ2n) is 10.3. The molecule has 8 heteroatoms. The number of aromatic nitrogens is 2. The summed E-state index contributed by atoms with van der Waals surface area (Å²) in [5.74, 6) is -0.366. The highest BCUT2D eigenvalue weighted by Crippen LogP contribution is 2.29. The molecule has 0 radical (unpaired) electrons. The van der Waals surface area contributed by atoms with E-state index in [0.717, 1.165) is 29.7 Å². The molecule has 0 bridgehead atoms. The van der Waals surface area contributed by atoms with Crippen molar-refractivity contribution in [2.24, 2.45) is 7.05 Å². The Morgan fingerprint density at radius 3 is 2.61 bits per heavy atom. The lowest BCUT2D eigenvalue weighted by Gasteiger charge is -2.31. The highest BCUT2D eigenvalue weighted by Gasteiger charge is 2.23. The van der Waals surface area contributed by atoms with E-state index in [1.807, 2.05) is 26.0 Å². The Morgan fingerprint density at radius 1 is 1.25 bits per heavy atom. The molecule has 0 fully saturated rings. The molecule has 36 heavy (non-hydrogen) atoms. The van der Waals surface area contributed by atoms with Gasteiger partial charge in [0.15, 0.2) is 0 Å². The predicted molar refractivity (Wildman–Crippen MR) is 142 cm³/mol. The third-order valence-electron chi connectivity index (χ3n) is 6.54. The van der Waals surface area contributed by atoms with E-state index in [1.54, 1.807) is 49.7 Å². The van der Waals surface area contributed by atoms with Crippen molar-refractivity contribution in [2.45, 2.75) is 45.8 Å². The Hall–Kier alpha value is -3.49. The van der Waals surface area contributed by atoms with Crippen molar-refractivity contribution in [3.05, 3.63) is 75.3 Å². The van der Waals surface area contributed by atoms with Crippen molar-refractivity contribution >= 4 is 28.1 Å². The molecule has 0 spiro atoms. The Labute approximate surface area is 210 Å². The second-order valence-corrected chi connectivity index (χ2v) is 10.3. The van der Waals surface area contributed by atoms with E-state index in [9.17, 15) is 19.8 Å². The molecule has 1 aliphatic rings. The number of nitrogens with zero attached hydrogens (tertiary/aromatic N) is 3. The molecule has 0 saturated carbocycles. The molecule has 0 saturated heterocycles. The van der Waals surface area contributed by atoms with Crippen LogP contribution < -0.4 is 10.9 Å². The van der Waals surface area contributed by atoms with Gasteiger partial charge in [0.05, 0.1) is 28.1 Å². The van der Waals surface area contributed by atoms with Crippen LogP contribution >= 0.6 is 0 Å². The molecule has 1 aliphatic heterocycles. The topological polar surface area (TPSA) is 108 Å². The molecule has 0 aliphatic carbocycles. The van der Waals surface area contributed by atoms with Crippen LogP contribution in [0.2, 0.25) is 0 Å². The number of carboxylic acids is 1. The van der Waals surface area contributed by atoms with Gasteiger partial charge in [0.2, 0.25) is 0 Å². The first-order chi connectivity index (χ1) is 16.9. The number of carbonyl (C=O) groups is 1. The maximum Gasteiger partial charge on any atom is 0.337 e. The maximum absolute atomic E-state index is 13.4. The molecule has 1 atom stereocenters. The fourth-order valence-electron chi connectivity index (χ4n) is 4.88. The zero-order chi connectivity index (χ0) is 26.2. The van der Waals surface area contributed by atoms with Gasteiger partial charge in [0.25, 0.3) is 5.56 Å². The number of benzene rings is 2. The van der Waals surface area contributed by atoms with Gasteiger partial charge in [-0.05, 0) is 63.5 Å². The van der Waals surface area contributed by atoms with Gasteiger partial charge in [-0.3, -0.25) is 14.3 Å². The lowest BCUT2D eigenvalue weighted by Crippen LogP contribution is -2.40. The van der Waals surface area contributed by atoms with Gasteiger partial charge in [0, 0.05) is 37.9 Å². The van der Waals surface area contributed by atoms with Gasteiger partial charge in [-0.1, -0.05) is 24.3 Å². The van der Waals surface area contributed by atoms with Crippen LogP contribution in [0.1, 0.15) is 60.5 Å². The van der Waals surface area contributed by atoms with E-state index in [2.05, 4.69) is 16.3 Å². The van der Waals surface area contributed by atoms with Crippen LogP contribution in [0.5, 0.6) is 0 Å². The third kappa shape index (κ3) is 5.34. The van der Waals surface area contributed by atoms with Crippen LogP contribution in [0.3, 0.4) is 0 Å². The molecule has 3 N–H and O–H groups in total. The molecule has 2 aromatic carbocycles. The van der Waals surface area contributed by atoms with Crippen molar-refractivity contribution in [3.8, 4) is 0 Å².